The number of nitrogens with one attached hydrogen (secondary N) is 1. The normalized spacial score (nSPS) is 16.7. The zero-order valence-corrected chi connectivity index (χ0v) is 14.2. The zero-order chi connectivity index (χ0) is 15.2. The minimum Gasteiger partial charge on any atom is -0.357 e. The largest absolute Gasteiger partial charge is 0.357 e. The van der Waals surface area contributed by atoms with Crippen LogP contribution in [0.5, 0.6) is 0 Å². The van der Waals surface area contributed by atoms with Crippen LogP contribution in [-0.4, -0.2) is 24.1 Å². The van der Waals surface area contributed by atoms with Crippen LogP contribution in [-0.2, 0) is 6.54 Å². The Morgan fingerprint density at radius 2 is 2.00 bits per heavy atom. The summed E-state index contributed by atoms with van der Waals surface area (Å²) in [6.07, 6.45) is 5.36. The molecule has 0 unspecified atom stereocenters. The van der Waals surface area contributed by atoms with Gasteiger partial charge in [0.15, 0.2) is 0 Å². The van der Waals surface area contributed by atoms with Gasteiger partial charge in [-0.25, -0.2) is 4.98 Å². The van der Waals surface area contributed by atoms with Crippen molar-refractivity contribution in [1.29, 1.82) is 0 Å². The molecule has 1 fully saturated rings. The van der Waals surface area contributed by atoms with Gasteiger partial charge in [-0.3, -0.25) is 0 Å². The van der Waals surface area contributed by atoms with E-state index < -0.39 is 0 Å². The van der Waals surface area contributed by atoms with Crippen LogP contribution in [0.2, 0.25) is 0 Å². The maximum Gasteiger partial charge on any atom is 0.128 e. The topological polar surface area (TPSA) is 28.2 Å². The summed E-state index contributed by atoms with van der Waals surface area (Å²) in [5, 5.41) is 3.47. The molecular weight excluding hydrogens is 258 g/mol. The van der Waals surface area contributed by atoms with E-state index in [2.05, 4.69) is 50.0 Å². The Kier molecular flexibility index (Phi) is 6.04. The van der Waals surface area contributed by atoms with Crippen LogP contribution in [0.3, 0.4) is 0 Å². The first-order chi connectivity index (χ1) is 10.1. The molecule has 1 N–H and O–H groups in total. The van der Waals surface area contributed by atoms with Crippen molar-refractivity contribution >= 4 is 5.82 Å². The fourth-order valence-corrected chi connectivity index (χ4v) is 3.11. The molecule has 3 nitrogen and oxygen atoms in total. The molecule has 0 amide bonds. The number of hydrogen-bond donors (Lipinski definition) is 1. The Labute approximate surface area is 130 Å². The van der Waals surface area contributed by atoms with E-state index in [-0.39, 0.29) is 0 Å². The average molecular weight is 289 g/mol. The van der Waals surface area contributed by atoms with Crippen molar-refractivity contribution in [3.8, 4) is 0 Å². The maximum atomic E-state index is 4.83. The number of rotatable bonds is 6. The molecule has 0 atom stereocenters. The third kappa shape index (κ3) is 4.70. The zero-order valence-electron chi connectivity index (χ0n) is 14.2. The molecule has 118 valence electrons. The lowest BCUT2D eigenvalue weighted by atomic mass is 9.92. The van der Waals surface area contributed by atoms with Crippen molar-refractivity contribution in [1.82, 2.24) is 10.3 Å². The minimum absolute atomic E-state index is 0.515. The Morgan fingerprint density at radius 1 is 1.29 bits per heavy atom. The van der Waals surface area contributed by atoms with E-state index in [9.17, 15) is 0 Å². The van der Waals surface area contributed by atoms with Crippen LogP contribution < -0.4 is 10.2 Å². The number of anilines is 1. The second-order valence-corrected chi connectivity index (χ2v) is 6.67. The quantitative estimate of drug-likeness (QED) is 0.860. The molecule has 0 saturated carbocycles. The monoisotopic (exact) mass is 289 g/mol. The number of aryl methyl sites for hydroxylation is 1. The number of pyridine rings is 1. The molecule has 0 spiro atoms. The van der Waals surface area contributed by atoms with Gasteiger partial charge in [0.1, 0.15) is 5.82 Å². The fourth-order valence-electron chi connectivity index (χ4n) is 3.11. The number of hydrogen-bond acceptors (Lipinski definition) is 3. The Bertz CT molecular complexity index is 434. The van der Waals surface area contributed by atoms with Crippen molar-refractivity contribution in [3.63, 3.8) is 0 Å². The van der Waals surface area contributed by atoms with Crippen LogP contribution in [0.25, 0.3) is 0 Å². The first-order valence-corrected chi connectivity index (χ1v) is 8.55. The van der Waals surface area contributed by atoms with Crippen LogP contribution in [0.15, 0.2) is 12.1 Å². The second-order valence-electron chi connectivity index (χ2n) is 6.67. The van der Waals surface area contributed by atoms with E-state index in [1.807, 2.05) is 0 Å². The number of nitrogens with zero attached hydrogens (tertiary/aromatic N) is 2. The van der Waals surface area contributed by atoms with E-state index >= 15 is 0 Å². The molecule has 21 heavy (non-hydrogen) atoms. The van der Waals surface area contributed by atoms with Gasteiger partial charge in [-0.2, -0.15) is 0 Å². The summed E-state index contributed by atoms with van der Waals surface area (Å²) in [5.41, 5.74) is 2.48. The SMILES string of the molecule is CCCC1CCN(c2ccc(CNC(C)C)c(C)n2)CC1. The van der Waals surface area contributed by atoms with Crippen molar-refractivity contribution in [2.24, 2.45) is 5.92 Å². The van der Waals surface area contributed by atoms with E-state index in [0.29, 0.717) is 6.04 Å². The van der Waals surface area contributed by atoms with E-state index in [4.69, 9.17) is 4.98 Å². The standard InChI is InChI=1S/C18H31N3/c1-5-6-16-9-11-21(12-10-16)18-8-7-17(15(4)20-18)13-19-14(2)3/h7-8,14,16,19H,5-6,9-13H2,1-4H3. The van der Waals surface area contributed by atoms with Gasteiger partial charge in [0.05, 0.1) is 0 Å². The van der Waals surface area contributed by atoms with Crippen LogP contribution in [0.1, 0.15) is 57.7 Å². The van der Waals surface area contributed by atoms with Gasteiger partial charge in [-0.15, -0.1) is 0 Å². The molecule has 0 bridgehead atoms. The van der Waals surface area contributed by atoms with E-state index in [1.54, 1.807) is 0 Å². The predicted molar refractivity (Wildman–Crippen MR) is 90.8 cm³/mol. The Balaban J connectivity index is 1.94. The molecular formula is C18H31N3. The molecule has 0 aliphatic carbocycles. The summed E-state index contributed by atoms with van der Waals surface area (Å²) in [4.78, 5) is 7.29. The van der Waals surface area contributed by atoms with Gasteiger partial charge in [-0.1, -0.05) is 39.7 Å². The third-order valence-corrected chi connectivity index (χ3v) is 4.52. The lowest BCUT2D eigenvalue weighted by molar-refractivity contribution is 0.377. The van der Waals surface area contributed by atoms with Crippen LogP contribution in [0, 0.1) is 12.8 Å². The number of aromatic nitrogens is 1. The molecule has 0 radical (unpaired) electrons. The molecule has 3 heteroatoms. The van der Waals surface area contributed by atoms with Gasteiger partial charge in [0, 0.05) is 31.4 Å². The highest BCUT2D eigenvalue weighted by Gasteiger charge is 2.19. The summed E-state index contributed by atoms with van der Waals surface area (Å²) >= 11 is 0. The average Bonchev–Trinajstić information content (AvgIpc) is 2.47. The summed E-state index contributed by atoms with van der Waals surface area (Å²) in [7, 11) is 0. The fraction of sp³-hybridized carbons (Fsp3) is 0.722. The lowest BCUT2D eigenvalue weighted by Gasteiger charge is -2.33. The molecule has 1 aromatic heterocycles. The van der Waals surface area contributed by atoms with Gasteiger partial charge in [0.25, 0.3) is 0 Å². The van der Waals surface area contributed by atoms with E-state index in [1.165, 1.54) is 44.3 Å². The van der Waals surface area contributed by atoms with Gasteiger partial charge >= 0.3 is 0 Å². The van der Waals surface area contributed by atoms with Crippen molar-refractivity contribution in [2.45, 2.75) is 66.0 Å². The summed E-state index contributed by atoms with van der Waals surface area (Å²) in [5.74, 6) is 2.10. The third-order valence-electron chi connectivity index (χ3n) is 4.52. The number of piperidine rings is 1. The van der Waals surface area contributed by atoms with Crippen molar-refractivity contribution in [3.05, 3.63) is 23.4 Å². The highest BCUT2D eigenvalue weighted by atomic mass is 15.2. The van der Waals surface area contributed by atoms with Crippen molar-refractivity contribution < 1.29 is 0 Å². The minimum atomic E-state index is 0.515. The van der Waals surface area contributed by atoms with Gasteiger partial charge < -0.3 is 10.2 Å². The first kappa shape index (κ1) is 16.3. The summed E-state index contributed by atoms with van der Waals surface area (Å²) in [6.45, 7) is 12.0. The summed E-state index contributed by atoms with van der Waals surface area (Å²) in [6, 6.07) is 4.96. The molecule has 1 aromatic rings. The van der Waals surface area contributed by atoms with Crippen LogP contribution >= 0.6 is 0 Å². The molecule has 2 rings (SSSR count). The highest BCUT2D eigenvalue weighted by Crippen LogP contribution is 2.25. The van der Waals surface area contributed by atoms with Gasteiger partial charge in [0.2, 0.25) is 0 Å². The molecule has 1 saturated heterocycles. The van der Waals surface area contributed by atoms with Crippen molar-refractivity contribution in [2.75, 3.05) is 18.0 Å². The summed E-state index contributed by atoms with van der Waals surface area (Å²) < 4.78 is 0. The molecule has 0 aromatic carbocycles. The molecule has 2 heterocycles. The Hall–Kier alpha value is -1.09. The van der Waals surface area contributed by atoms with E-state index in [0.717, 1.165) is 24.0 Å². The van der Waals surface area contributed by atoms with Gasteiger partial charge in [-0.05, 0) is 37.3 Å². The maximum absolute atomic E-state index is 4.83. The second kappa shape index (κ2) is 7.79. The molecule has 1 aliphatic heterocycles. The Morgan fingerprint density at radius 3 is 2.57 bits per heavy atom. The highest BCUT2D eigenvalue weighted by molar-refractivity contribution is 5.42. The first-order valence-electron chi connectivity index (χ1n) is 8.55. The molecule has 1 aliphatic rings. The van der Waals surface area contributed by atoms with Crippen LogP contribution in [0.4, 0.5) is 5.82 Å². The predicted octanol–water partition coefficient (Wildman–Crippen LogP) is 3.90. The smallest absolute Gasteiger partial charge is 0.128 e. The lowest BCUT2D eigenvalue weighted by Crippen LogP contribution is -2.34.